The molecule has 7 heteroatoms. The Bertz CT molecular complexity index is 940. The van der Waals surface area contributed by atoms with Crippen molar-refractivity contribution in [2.45, 2.75) is 51.5 Å². The number of anilines is 1. The molecule has 0 saturated carbocycles. The second-order valence-electron chi connectivity index (χ2n) is 9.45. The van der Waals surface area contributed by atoms with E-state index in [1.165, 1.54) is 11.3 Å². The van der Waals surface area contributed by atoms with E-state index in [0.717, 1.165) is 37.3 Å². The van der Waals surface area contributed by atoms with Crippen molar-refractivity contribution in [2.24, 2.45) is 0 Å². The number of carbonyl (C=O) groups is 1. The smallest absolute Gasteiger partial charge is 0.231 e. The highest BCUT2D eigenvalue weighted by molar-refractivity contribution is 6.30. The Kier molecular flexibility index (Phi) is 7.01. The van der Waals surface area contributed by atoms with Crippen molar-refractivity contribution in [1.82, 2.24) is 19.8 Å². The van der Waals surface area contributed by atoms with Gasteiger partial charge in [0.25, 0.3) is 0 Å². The van der Waals surface area contributed by atoms with Gasteiger partial charge in [-0.2, -0.15) is 0 Å². The summed E-state index contributed by atoms with van der Waals surface area (Å²) < 4.78 is 0. The zero-order valence-electron chi connectivity index (χ0n) is 19.6. The monoisotopic (exact) mass is 455 g/mol. The molecule has 0 bridgehead atoms. The van der Waals surface area contributed by atoms with Gasteiger partial charge >= 0.3 is 0 Å². The Morgan fingerprint density at radius 2 is 1.84 bits per heavy atom. The molecule has 2 aromatic rings. The average molecular weight is 456 g/mol. The predicted molar refractivity (Wildman–Crippen MR) is 130 cm³/mol. The van der Waals surface area contributed by atoms with Crippen LogP contribution >= 0.6 is 11.6 Å². The molecule has 1 saturated heterocycles. The van der Waals surface area contributed by atoms with Crippen molar-refractivity contribution in [2.75, 3.05) is 44.7 Å². The Morgan fingerprint density at radius 3 is 2.50 bits per heavy atom. The van der Waals surface area contributed by atoms with Crippen LogP contribution in [-0.4, -0.2) is 71.5 Å². The normalized spacial score (nSPS) is 19.5. The van der Waals surface area contributed by atoms with Crippen molar-refractivity contribution in [1.29, 1.82) is 0 Å². The Morgan fingerprint density at radius 1 is 1.16 bits per heavy atom. The first-order valence-corrected chi connectivity index (χ1v) is 12.1. The number of piperazine rings is 1. The zero-order chi connectivity index (χ0) is 22.8. The van der Waals surface area contributed by atoms with E-state index in [0.29, 0.717) is 36.6 Å². The lowest BCUT2D eigenvalue weighted by Crippen LogP contribution is -2.51. The first-order chi connectivity index (χ1) is 15.3. The molecule has 0 N–H and O–H groups in total. The number of aromatic nitrogens is 2. The fraction of sp³-hybridized carbons (Fsp3) is 0.560. The lowest BCUT2D eigenvalue weighted by molar-refractivity contribution is -0.133. The third kappa shape index (κ3) is 4.76. The summed E-state index contributed by atoms with van der Waals surface area (Å²) in [7, 11) is 2.08. The molecule has 0 unspecified atom stereocenters. The number of hydrogen-bond acceptors (Lipinski definition) is 5. The number of halogens is 1. The van der Waals surface area contributed by atoms with E-state index in [2.05, 4.69) is 47.6 Å². The quantitative estimate of drug-likeness (QED) is 0.660. The molecule has 1 aliphatic heterocycles. The van der Waals surface area contributed by atoms with Crippen molar-refractivity contribution in [3.63, 3.8) is 0 Å². The fourth-order valence-corrected chi connectivity index (χ4v) is 4.88. The Balaban J connectivity index is 1.48. The van der Waals surface area contributed by atoms with Crippen LogP contribution in [0.15, 0.2) is 30.6 Å². The van der Waals surface area contributed by atoms with Gasteiger partial charge in [0.15, 0.2) is 0 Å². The highest BCUT2D eigenvalue weighted by atomic mass is 35.5. The molecule has 6 nitrogen and oxygen atoms in total. The maximum atomic E-state index is 13.6. The minimum absolute atomic E-state index is 0.195. The van der Waals surface area contributed by atoms with Gasteiger partial charge in [-0.05, 0) is 57.4 Å². The summed E-state index contributed by atoms with van der Waals surface area (Å²) in [6.07, 6.45) is 3.88. The molecule has 32 heavy (non-hydrogen) atoms. The van der Waals surface area contributed by atoms with Gasteiger partial charge in [-0.1, -0.05) is 30.7 Å². The van der Waals surface area contributed by atoms with Crippen LogP contribution in [0.25, 0.3) is 0 Å². The van der Waals surface area contributed by atoms with Crippen molar-refractivity contribution in [3.05, 3.63) is 52.4 Å². The molecule has 0 spiro atoms. The number of amides is 1. The van der Waals surface area contributed by atoms with Crippen molar-refractivity contribution in [3.8, 4) is 0 Å². The first-order valence-electron chi connectivity index (χ1n) is 11.7. The Labute approximate surface area is 196 Å². The van der Waals surface area contributed by atoms with Crippen LogP contribution in [0.2, 0.25) is 5.02 Å². The van der Waals surface area contributed by atoms with E-state index in [-0.39, 0.29) is 11.8 Å². The molecule has 2 aliphatic rings. The minimum Gasteiger partial charge on any atom is -0.353 e. The molecule has 2 atom stereocenters. The third-order valence-corrected chi connectivity index (χ3v) is 7.32. The van der Waals surface area contributed by atoms with Gasteiger partial charge in [0.2, 0.25) is 5.91 Å². The molecule has 2 heterocycles. The number of likely N-dealkylation sites (N-methyl/N-ethyl adjacent to an activating group) is 1. The van der Waals surface area contributed by atoms with Gasteiger partial charge in [0.1, 0.15) is 12.1 Å². The highest BCUT2D eigenvalue weighted by Crippen LogP contribution is 2.37. The molecule has 1 aromatic heterocycles. The van der Waals surface area contributed by atoms with Crippen LogP contribution in [0.3, 0.4) is 0 Å². The molecule has 0 radical (unpaired) electrons. The van der Waals surface area contributed by atoms with Crippen LogP contribution < -0.4 is 4.90 Å². The lowest BCUT2D eigenvalue weighted by Gasteiger charge is -2.38. The Hall–Kier alpha value is -2.18. The molecule has 4 rings (SSSR count). The van der Waals surface area contributed by atoms with E-state index >= 15 is 0 Å². The average Bonchev–Trinajstić information content (AvgIpc) is 3.18. The van der Waals surface area contributed by atoms with Gasteiger partial charge in [-0.15, -0.1) is 0 Å². The molecular formula is C25H34ClN5O. The fourth-order valence-electron chi connectivity index (χ4n) is 4.75. The largest absolute Gasteiger partial charge is 0.353 e. The first kappa shape index (κ1) is 23.0. The summed E-state index contributed by atoms with van der Waals surface area (Å²) in [5.41, 5.74) is 3.53. The maximum Gasteiger partial charge on any atom is 0.231 e. The predicted octanol–water partition coefficient (Wildman–Crippen LogP) is 3.95. The highest BCUT2D eigenvalue weighted by Gasteiger charge is 2.32. The van der Waals surface area contributed by atoms with Crippen LogP contribution in [0, 0.1) is 0 Å². The van der Waals surface area contributed by atoms with Crippen LogP contribution in [0.5, 0.6) is 0 Å². The summed E-state index contributed by atoms with van der Waals surface area (Å²) in [6, 6.07) is 8.10. The third-order valence-electron chi connectivity index (χ3n) is 7.07. The summed E-state index contributed by atoms with van der Waals surface area (Å²) in [5.74, 6) is 1.57. The van der Waals surface area contributed by atoms with Gasteiger partial charge in [0, 0.05) is 55.0 Å². The van der Waals surface area contributed by atoms with E-state index in [9.17, 15) is 4.79 Å². The summed E-state index contributed by atoms with van der Waals surface area (Å²) >= 11 is 6.10. The number of fused-ring (bicyclic) bond motifs is 1. The van der Waals surface area contributed by atoms with Gasteiger partial charge < -0.3 is 14.7 Å². The van der Waals surface area contributed by atoms with Crippen molar-refractivity contribution >= 4 is 23.3 Å². The van der Waals surface area contributed by atoms with Crippen LogP contribution in [-0.2, 0) is 11.2 Å². The second kappa shape index (κ2) is 9.75. The van der Waals surface area contributed by atoms with E-state index in [1.54, 1.807) is 6.33 Å². The van der Waals surface area contributed by atoms with Gasteiger partial charge in [0.05, 0.1) is 5.92 Å². The van der Waals surface area contributed by atoms with E-state index < -0.39 is 0 Å². The molecule has 1 fully saturated rings. The molecule has 172 valence electrons. The second-order valence-corrected chi connectivity index (χ2v) is 9.88. The number of hydrogen-bond donors (Lipinski definition) is 0. The number of carbonyl (C=O) groups excluding carboxylic acids is 1. The number of aryl methyl sites for hydroxylation is 1. The number of rotatable bonds is 6. The summed E-state index contributed by atoms with van der Waals surface area (Å²) in [6.45, 7) is 10.3. The van der Waals surface area contributed by atoms with Crippen LogP contribution in [0.4, 0.5) is 5.82 Å². The lowest BCUT2D eigenvalue weighted by atomic mass is 9.96. The number of benzene rings is 1. The number of nitrogens with zero attached hydrogens (tertiary/aromatic N) is 5. The van der Waals surface area contributed by atoms with Crippen LogP contribution in [0.1, 0.15) is 55.8 Å². The standard InChI is InChI=1S/C25H34ClN5O/c1-17(2)29(4)15-21(19-6-8-20(26)9-7-19)25(32)31-13-11-30(12-14-31)24-23-18(3)5-10-22(23)27-16-28-24/h6-9,16-18,21H,5,10-15H2,1-4H3/t18-,21+/m1/s1. The summed E-state index contributed by atoms with van der Waals surface area (Å²) in [5, 5.41) is 0.692. The molecular weight excluding hydrogens is 422 g/mol. The van der Waals surface area contributed by atoms with E-state index in [1.807, 2.05) is 29.2 Å². The zero-order valence-corrected chi connectivity index (χ0v) is 20.3. The van der Waals surface area contributed by atoms with Gasteiger partial charge in [-0.3, -0.25) is 4.79 Å². The summed E-state index contributed by atoms with van der Waals surface area (Å²) in [4.78, 5) is 29.4. The SMILES string of the molecule is CC(C)N(C)C[C@H](C(=O)N1CCN(c2ncnc3c2[C@H](C)CC3)CC1)c1ccc(Cl)cc1. The van der Waals surface area contributed by atoms with E-state index in [4.69, 9.17) is 11.6 Å². The van der Waals surface area contributed by atoms with Crippen molar-refractivity contribution < 1.29 is 4.79 Å². The van der Waals surface area contributed by atoms with Gasteiger partial charge in [-0.25, -0.2) is 9.97 Å². The topological polar surface area (TPSA) is 52.6 Å². The minimum atomic E-state index is -0.200. The molecule has 1 aliphatic carbocycles. The molecule has 1 amide bonds. The molecule has 1 aromatic carbocycles. The maximum absolute atomic E-state index is 13.6.